The normalized spacial score (nSPS) is 12.5. The van der Waals surface area contributed by atoms with Gasteiger partial charge in [-0.15, -0.1) is 0 Å². The highest BCUT2D eigenvalue weighted by Crippen LogP contribution is 2.42. The van der Waals surface area contributed by atoms with E-state index >= 15 is 0 Å². The topological polar surface area (TPSA) is 92.5 Å². The Labute approximate surface area is 240 Å². The Hall–Kier alpha value is -4.29. The zero-order valence-electron chi connectivity index (χ0n) is 24.1. The zero-order chi connectivity index (χ0) is 29.1. The number of carbonyl (C=O) groups is 1. The first kappa shape index (κ1) is 28.2. The summed E-state index contributed by atoms with van der Waals surface area (Å²) in [5, 5.41) is 20.2. The lowest BCUT2D eigenvalue weighted by atomic mass is 9.87. The molecule has 0 atom stereocenters. The van der Waals surface area contributed by atoms with Gasteiger partial charge in [-0.1, -0.05) is 36.4 Å². The van der Waals surface area contributed by atoms with Crippen LogP contribution in [0.4, 0.5) is 0 Å². The van der Waals surface area contributed by atoms with E-state index in [0.29, 0.717) is 6.61 Å². The van der Waals surface area contributed by atoms with E-state index in [9.17, 15) is 9.90 Å². The molecule has 3 aromatic carbocycles. The van der Waals surface area contributed by atoms with E-state index in [1.54, 1.807) is 20.8 Å². The van der Waals surface area contributed by atoms with Gasteiger partial charge in [0.25, 0.3) is 0 Å². The van der Waals surface area contributed by atoms with Crippen molar-refractivity contribution in [3.8, 4) is 16.9 Å². The average molecular weight is 549 g/mol. The summed E-state index contributed by atoms with van der Waals surface area (Å²) in [6.07, 6.45) is 4.36. The summed E-state index contributed by atoms with van der Waals surface area (Å²) < 4.78 is 5.93. The van der Waals surface area contributed by atoms with Crippen molar-refractivity contribution in [2.75, 3.05) is 6.61 Å². The standard InChI is InChI=1S/C31H26N2O3.C4H10O/c1-19-17-26-23(10-9-22(33-26)8-7-20-5-3-2-4-6-20)30(25(19)18-28(34)35)24-11-12-27-29-21(14-16-36-27)13-15-32-31(24)29;1-4(2,3)5/h2-6,9-13,15,17H,7-8,14,16,18H2,1H3,(H,34,35);5H,1-3H3. The fourth-order valence-electron chi connectivity index (χ4n) is 5.34. The second-order valence-corrected chi connectivity index (χ2v) is 11.5. The minimum absolute atomic E-state index is 0.0632. The van der Waals surface area contributed by atoms with E-state index in [1.165, 1.54) is 11.1 Å². The Morgan fingerprint density at radius 1 is 1.00 bits per heavy atom. The Morgan fingerprint density at radius 3 is 2.49 bits per heavy atom. The van der Waals surface area contributed by atoms with Crippen molar-refractivity contribution in [1.82, 2.24) is 9.97 Å². The van der Waals surface area contributed by atoms with Crippen LogP contribution < -0.4 is 4.74 Å². The Bertz CT molecular complexity index is 1710. The number of aliphatic hydroxyl groups is 1. The number of rotatable bonds is 6. The highest BCUT2D eigenvalue weighted by molar-refractivity contribution is 6.07. The molecule has 1 aliphatic rings. The number of nitrogens with zero attached hydrogens (tertiary/aromatic N) is 2. The molecular formula is C35H36N2O4. The number of hydrogen-bond donors (Lipinski definition) is 2. The van der Waals surface area contributed by atoms with Gasteiger partial charge in [0, 0.05) is 34.6 Å². The van der Waals surface area contributed by atoms with Crippen LogP contribution in [0.3, 0.4) is 0 Å². The molecule has 0 spiro atoms. The summed E-state index contributed by atoms with van der Waals surface area (Å²) in [7, 11) is 0. The van der Waals surface area contributed by atoms with E-state index in [0.717, 1.165) is 74.8 Å². The van der Waals surface area contributed by atoms with Gasteiger partial charge in [-0.3, -0.25) is 14.8 Å². The molecule has 0 aliphatic carbocycles. The van der Waals surface area contributed by atoms with Crippen LogP contribution in [0.2, 0.25) is 0 Å². The molecule has 3 heterocycles. The molecular weight excluding hydrogens is 512 g/mol. The van der Waals surface area contributed by atoms with Crippen molar-refractivity contribution in [3.63, 3.8) is 0 Å². The third kappa shape index (κ3) is 6.55. The minimum Gasteiger partial charge on any atom is -0.493 e. The van der Waals surface area contributed by atoms with Crippen molar-refractivity contribution in [2.45, 2.75) is 59.0 Å². The van der Waals surface area contributed by atoms with Gasteiger partial charge in [-0.25, -0.2) is 0 Å². The molecule has 6 heteroatoms. The molecule has 0 saturated carbocycles. The molecule has 0 saturated heterocycles. The molecule has 6 nitrogen and oxygen atoms in total. The first-order valence-corrected chi connectivity index (χ1v) is 14.0. The molecule has 0 fully saturated rings. The number of pyridine rings is 2. The number of carboxylic acid groups (broad SMARTS) is 1. The first-order chi connectivity index (χ1) is 19.6. The quantitative estimate of drug-likeness (QED) is 0.240. The smallest absolute Gasteiger partial charge is 0.307 e. The van der Waals surface area contributed by atoms with Crippen LogP contribution in [0.1, 0.15) is 48.7 Å². The third-order valence-electron chi connectivity index (χ3n) is 7.06. The summed E-state index contributed by atoms with van der Waals surface area (Å²) in [6, 6.07) is 22.6. The summed E-state index contributed by atoms with van der Waals surface area (Å²) in [5.74, 6) is -0.0219. The first-order valence-electron chi connectivity index (χ1n) is 14.0. The molecule has 210 valence electrons. The van der Waals surface area contributed by atoms with Gasteiger partial charge in [0.05, 0.1) is 29.7 Å². The molecule has 0 radical (unpaired) electrons. The van der Waals surface area contributed by atoms with Gasteiger partial charge in [-0.2, -0.15) is 0 Å². The second kappa shape index (κ2) is 11.7. The number of benzene rings is 3. The number of aryl methyl sites for hydroxylation is 3. The van der Waals surface area contributed by atoms with E-state index < -0.39 is 11.6 Å². The number of fused-ring (bicyclic) bond motifs is 1. The molecule has 5 aromatic rings. The van der Waals surface area contributed by atoms with Crippen LogP contribution >= 0.6 is 0 Å². The zero-order valence-corrected chi connectivity index (χ0v) is 24.1. The van der Waals surface area contributed by atoms with Gasteiger partial charge in [-0.05, 0) is 98.7 Å². The monoisotopic (exact) mass is 548 g/mol. The molecule has 6 rings (SSSR count). The van der Waals surface area contributed by atoms with E-state index in [4.69, 9.17) is 19.8 Å². The van der Waals surface area contributed by atoms with E-state index in [2.05, 4.69) is 36.4 Å². The largest absolute Gasteiger partial charge is 0.493 e. The molecule has 0 amide bonds. The van der Waals surface area contributed by atoms with Crippen LogP contribution in [0.15, 0.2) is 72.9 Å². The maximum Gasteiger partial charge on any atom is 0.307 e. The predicted molar refractivity (Wildman–Crippen MR) is 164 cm³/mol. The summed E-state index contributed by atoms with van der Waals surface area (Å²) in [6.45, 7) is 7.85. The molecule has 41 heavy (non-hydrogen) atoms. The fraction of sp³-hybridized carbons (Fsp3) is 0.286. The van der Waals surface area contributed by atoms with Crippen molar-refractivity contribution >= 4 is 27.8 Å². The number of hydrogen-bond acceptors (Lipinski definition) is 5. The summed E-state index contributed by atoms with van der Waals surface area (Å²) >= 11 is 0. The van der Waals surface area contributed by atoms with Crippen molar-refractivity contribution in [2.24, 2.45) is 0 Å². The van der Waals surface area contributed by atoms with Crippen LogP contribution in [0.25, 0.3) is 32.9 Å². The molecule has 1 aliphatic heterocycles. The lowest BCUT2D eigenvalue weighted by Gasteiger charge is -2.21. The van der Waals surface area contributed by atoms with Gasteiger partial charge >= 0.3 is 5.97 Å². The van der Waals surface area contributed by atoms with Crippen molar-refractivity contribution < 1.29 is 19.7 Å². The van der Waals surface area contributed by atoms with Crippen LogP contribution in [0, 0.1) is 6.92 Å². The maximum atomic E-state index is 11.9. The highest BCUT2D eigenvalue weighted by Gasteiger charge is 2.22. The minimum atomic E-state index is -0.856. The van der Waals surface area contributed by atoms with E-state index in [-0.39, 0.29) is 6.42 Å². The van der Waals surface area contributed by atoms with Gasteiger partial charge in [0.2, 0.25) is 0 Å². The highest BCUT2D eigenvalue weighted by atomic mass is 16.5. The Kier molecular flexibility index (Phi) is 8.04. The third-order valence-corrected chi connectivity index (χ3v) is 7.06. The van der Waals surface area contributed by atoms with Crippen LogP contribution in [-0.4, -0.2) is 38.4 Å². The summed E-state index contributed by atoms with van der Waals surface area (Å²) in [4.78, 5) is 21.6. The lowest BCUT2D eigenvalue weighted by molar-refractivity contribution is -0.136. The second-order valence-electron chi connectivity index (χ2n) is 11.5. The van der Waals surface area contributed by atoms with Gasteiger partial charge in [0.15, 0.2) is 0 Å². The number of aromatic nitrogens is 2. The van der Waals surface area contributed by atoms with Gasteiger partial charge in [0.1, 0.15) is 5.75 Å². The predicted octanol–water partition coefficient (Wildman–Crippen LogP) is 6.88. The van der Waals surface area contributed by atoms with Crippen LogP contribution in [-0.2, 0) is 30.5 Å². The van der Waals surface area contributed by atoms with Crippen molar-refractivity contribution in [3.05, 3.63) is 101 Å². The Morgan fingerprint density at radius 2 is 1.76 bits per heavy atom. The molecule has 2 aromatic heterocycles. The molecule has 0 unspecified atom stereocenters. The fourth-order valence-corrected chi connectivity index (χ4v) is 5.34. The SMILES string of the molecule is CC(C)(C)O.Cc1cc2nc(CCc3ccccc3)ccc2c(-c2ccc3c4c(ccnc24)CCO3)c1CC(=O)O. The van der Waals surface area contributed by atoms with E-state index in [1.807, 2.05) is 43.5 Å². The Balaban J connectivity index is 0.000000623. The maximum absolute atomic E-state index is 11.9. The van der Waals surface area contributed by atoms with Crippen LogP contribution in [0.5, 0.6) is 5.75 Å². The summed E-state index contributed by atoms with van der Waals surface area (Å²) in [5.41, 5.74) is 8.27. The molecule has 2 N–H and O–H groups in total. The lowest BCUT2D eigenvalue weighted by Crippen LogP contribution is -2.10. The number of aliphatic carboxylic acids is 1. The van der Waals surface area contributed by atoms with Crippen molar-refractivity contribution in [1.29, 1.82) is 0 Å². The number of carboxylic acids is 1. The molecule has 0 bridgehead atoms. The average Bonchev–Trinajstić information content (AvgIpc) is 2.93. The van der Waals surface area contributed by atoms with Gasteiger partial charge < -0.3 is 14.9 Å². The number of ether oxygens (including phenoxy) is 1.